The van der Waals surface area contributed by atoms with E-state index in [0.29, 0.717) is 5.69 Å². The molecule has 1 heterocycles. The lowest BCUT2D eigenvalue weighted by molar-refractivity contribution is 0.585. The van der Waals surface area contributed by atoms with Crippen LogP contribution in [-0.2, 0) is 13.6 Å². The summed E-state index contributed by atoms with van der Waals surface area (Å²) in [6, 6.07) is 3.44. The molecule has 0 saturated heterocycles. The Bertz CT molecular complexity index is 561. The number of aromatic nitrogens is 2. The van der Waals surface area contributed by atoms with E-state index < -0.39 is 11.6 Å². The predicted octanol–water partition coefficient (Wildman–Crippen LogP) is 2.13. The van der Waals surface area contributed by atoms with Crippen molar-refractivity contribution >= 4 is 0 Å². The van der Waals surface area contributed by atoms with Crippen molar-refractivity contribution in [2.45, 2.75) is 13.5 Å². The fourth-order valence-corrected chi connectivity index (χ4v) is 1.79. The van der Waals surface area contributed by atoms with Gasteiger partial charge in [-0.1, -0.05) is 0 Å². The number of rotatable bonds is 2. The number of aryl methyl sites for hydroxylation is 1. The van der Waals surface area contributed by atoms with Gasteiger partial charge >= 0.3 is 0 Å². The van der Waals surface area contributed by atoms with Gasteiger partial charge in [-0.05, 0) is 19.1 Å². The van der Waals surface area contributed by atoms with E-state index in [1.807, 2.05) is 14.0 Å². The van der Waals surface area contributed by atoms with Crippen LogP contribution < -0.4 is 5.73 Å². The second kappa shape index (κ2) is 4.25. The number of hydrogen-bond donors (Lipinski definition) is 1. The molecule has 2 aromatic rings. The van der Waals surface area contributed by atoms with Gasteiger partial charge in [-0.2, -0.15) is 0 Å². The summed E-state index contributed by atoms with van der Waals surface area (Å²) in [7, 11) is 1.81. The number of nitrogens with zero attached hydrogens (tertiary/aromatic N) is 2. The van der Waals surface area contributed by atoms with Gasteiger partial charge in [0, 0.05) is 25.2 Å². The van der Waals surface area contributed by atoms with E-state index in [0.717, 1.165) is 17.6 Å². The first-order valence-corrected chi connectivity index (χ1v) is 5.22. The van der Waals surface area contributed by atoms with Gasteiger partial charge in [-0.3, -0.25) is 0 Å². The molecule has 0 aliphatic rings. The van der Waals surface area contributed by atoms with Crippen LogP contribution in [-0.4, -0.2) is 9.55 Å². The zero-order valence-electron chi connectivity index (χ0n) is 9.67. The molecule has 0 aliphatic heterocycles. The first-order valence-electron chi connectivity index (χ1n) is 5.22. The molecule has 3 nitrogen and oxygen atoms in total. The van der Waals surface area contributed by atoms with Gasteiger partial charge in [0.15, 0.2) is 0 Å². The number of hydrogen-bond acceptors (Lipinski definition) is 2. The van der Waals surface area contributed by atoms with Crippen molar-refractivity contribution in [3.8, 4) is 11.3 Å². The lowest BCUT2D eigenvalue weighted by atomic mass is 10.1. The zero-order valence-corrected chi connectivity index (χ0v) is 9.67. The predicted molar refractivity (Wildman–Crippen MR) is 61.2 cm³/mol. The van der Waals surface area contributed by atoms with Gasteiger partial charge in [-0.15, -0.1) is 0 Å². The Labute approximate surface area is 97.9 Å². The largest absolute Gasteiger partial charge is 0.334 e. The second-order valence-corrected chi connectivity index (χ2v) is 3.84. The fourth-order valence-electron chi connectivity index (χ4n) is 1.79. The fraction of sp³-hybridized carbons (Fsp3) is 0.250. The number of nitrogens with two attached hydrogens (primary N) is 1. The topological polar surface area (TPSA) is 43.8 Å². The highest BCUT2D eigenvalue weighted by atomic mass is 19.1. The molecule has 0 bridgehead atoms. The van der Waals surface area contributed by atoms with E-state index in [2.05, 4.69) is 4.98 Å². The Morgan fingerprint density at radius 1 is 1.35 bits per heavy atom. The third-order valence-corrected chi connectivity index (χ3v) is 2.82. The van der Waals surface area contributed by atoms with Crippen LogP contribution in [0.4, 0.5) is 8.78 Å². The van der Waals surface area contributed by atoms with Crippen molar-refractivity contribution in [3.05, 3.63) is 41.4 Å². The SMILES string of the molecule is Cc1nc(-c2ccc(F)cc2F)c(CN)n1C. The Balaban J connectivity index is 2.64. The van der Waals surface area contributed by atoms with E-state index in [4.69, 9.17) is 5.73 Å². The van der Waals surface area contributed by atoms with Gasteiger partial charge < -0.3 is 10.3 Å². The monoisotopic (exact) mass is 237 g/mol. The Morgan fingerprint density at radius 3 is 2.65 bits per heavy atom. The number of imidazole rings is 1. The molecule has 0 fully saturated rings. The van der Waals surface area contributed by atoms with Crippen molar-refractivity contribution in [2.24, 2.45) is 12.8 Å². The summed E-state index contributed by atoms with van der Waals surface area (Å²) in [6.45, 7) is 2.06. The molecule has 2 N–H and O–H groups in total. The van der Waals surface area contributed by atoms with Crippen molar-refractivity contribution in [1.82, 2.24) is 9.55 Å². The average molecular weight is 237 g/mol. The molecule has 0 aliphatic carbocycles. The molecule has 90 valence electrons. The standard InChI is InChI=1S/C12H13F2N3/c1-7-16-12(11(6-15)17(7)2)9-4-3-8(13)5-10(9)14/h3-5H,6,15H2,1-2H3. The minimum absolute atomic E-state index is 0.253. The summed E-state index contributed by atoms with van der Waals surface area (Å²) in [5, 5.41) is 0. The molecule has 5 heteroatoms. The Morgan fingerprint density at radius 2 is 2.06 bits per heavy atom. The number of benzene rings is 1. The molecule has 1 aromatic heterocycles. The molecule has 0 unspecified atom stereocenters. The quantitative estimate of drug-likeness (QED) is 0.869. The number of halogens is 2. The summed E-state index contributed by atoms with van der Waals surface area (Å²) >= 11 is 0. The maximum Gasteiger partial charge on any atom is 0.135 e. The summed E-state index contributed by atoms with van der Waals surface area (Å²) in [6.07, 6.45) is 0. The third-order valence-electron chi connectivity index (χ3n) is 2.82. The lowest BCUT2D eigenvalue weighted by Crippen LogP contribution is -2.05. The molecular formula is C12H13F2N3. The molecule has 0 saturated carbocycles. The maximum atomic E-state index is 13.7. The van der Waals surface area contributed by atoms with E-state index in [1.165, 1.54) is 12.1 Å². The van der Waals surface area contributed by atoms with Crippen LogP contribution in [0.25, 0.3) is 11.3 Å². The van der Waals surface area contributed by atoms with Crippen molar-refractivity contribution in [3.63, 3.8) is 0 Å². The van der Waals surface area contributed by atoms with Crippen LogP contribution in [0.2, 0.25) is 0 Å². The van der Waals surface area contributed by atoms with Gasteiger partial charge in [-0.25, -0.2) is 13.8 Å². The van der Waals surface area contributed by atoms with Gasteiger partial charge in [0.05, 0.1) is 11.4 Å². The van der Waals surface area contributed by atoms with Crippen LogP contribution in [0, 0.1) is 18.6 Å². The molecule has 0 spiro atoms. The molecule has 1 aromatic carbocycles. The minimum atomic E-state index is -0.627. The Kier molecular flexibility index (Phi) is 2.93. The molecular weight excluding hydrogens is 224 g/mol. The summed E-state index contributed by atoms with van der Waals surface area (Å²) in [5.41, 5.74) is 7.10. The zero-order chi connectivity index (χ0) is 12.6. The van der Waals surface area contributed by atoms with Crippen molar-refractivity contribution < 1.29 is 8.78 Å². The van der Waals surface area contributed by atoms with Crippen LogP contribution >= 0.6 is 0 Å². The third kappa shape index (κ3) is 1.93. The summed E-state index contributed by atoms with van der Waals surface area (Å²) < 4.78 is 28.3. The van der Waals surface area contributed by atoms with Gasteiger partial charge in [0.1, 0.15) is 17.5 Å². The van der Waals surface area contributed by atoms with E-state index in [9.17, 15) is 8.78 Å². The van der Waals surface area contributed by atoms with Crippen LogP contribution in [0.15, 0.2) is 18.2 Å². The first-order chi connectivity index (χ1) is 8.04. The highest BCUT2D eigenvalue weighted by Crippen LogP contribution is 2.26. The molecule has 0 amide bonds. The normalized spacial score (nSPS) is 10.9. The van der Waals surface area contributed by atoms with Crippen LogP contribution in [0.5, 0.6) is 0 Å². The van der Waals surface area contributed by atoms with Crippen LogP contribution in [0.3, 0.4) is 0 Å². The summed E-state index contributed by atoms with van der Waals surface area (Å²) in [4.78, 5) is 4.26. The maximum absolute atomic E-state index is 13.7. The molecule has 17 heavy (non-hydrogen) atoms. The highest BCUT2D eigenvalue weighted by molar-refractivity contribution is 5.63. The van der Waals surface area contributed by atoms with Gasteiger partial charge in [0.25, 0.3) is 0 Å². The first kappa shape index (κ1) is 11.7. The highest BCUT2D eigenvalue weighted by Gasteiger charge is 2.16. The van der Waals surface area contributed by atoms with E-state index >= 15 is 0 Å². The van der Waals surface area contributed by atoms with Crippen LogP contribution in [0.1, 0.15) is 11.5 Å². The average Bonchev–Trinajstić information content (AvgIpc) is 2.55. The van der Waals surface area contributed by atoms with E-state index in [1.54, 1.807) is 4.57 Å². The van der Waals surface area contributed by atoms with E-state index in [-0.39, 0.29) is 12.1 Å². The smallest absolute Gasteiger partial charge is 0.135 e. The molecule has 0 atom stereocenters. The van der Waals surface area contributed by atoms with Crippen molar-refractivity contribution in [1.29, 1.82) is 0 Å². The Hall–Kier alpha value is -1.75. The lowest BCUT2D eigenvalue weighted by Gasteiger charge is -2.04. The van der Waals surface area contributed by atoms with Gasteiger partial charge in [0.2, 0.25) is 0 Å². The minimum Gasteiger partial charge on any atom is -0.334 e. The van der Waals surface area contributed by atoms with Crippen molar-refractivity contribution in [2.75, 3.05) is 0 Å². The molecule has 0 radical (unpaired) electrons. The second-order valence-electron chi connectivity index (χ2n) is 3.84. The molecule has 2 rings (SSSR count). The summed E-state index contributed by atoms with van der Waals surface area (Å²) in [5.74, 6) is -0.491.